The van der Waals surface area contributed by atoms with Crippen LogP contribution in [0.15, 0.2) is 36.5 Å². The third-order valence-electron chi connectivity index (χ3n) is 3.97. The van der Waals surface area contributed by atoms with Gasteiger partial charge >= 0.3 is 5.97 Å². The first-order valence-corrected chi connectivity index (χ1v) is 7.93. The van der Waals surface area contributed by atoms with Gasteiger partial charge in [0.05, 0.1) is 11.2 Å². The second-order valence-electron chi connectivity index (χ2n) is 7.11. The predicted molar refractivity (Wildman–Crippen MR) is 92.6 cm³/mol. The molecule has 5 heteroatoms. The highest BCUT2D eigenvalue weighted by molar-refractivity contribution is 5.85. The fourth-order valence-electron chi connectivity index (χ4n) is 2.86. The van der Waals surface area contributed by atoms with E-state index in [0.717, 1.165) is 28.0 Å². The number of aryl methyl sites for hydroxylation is 1. The highest BCUT2D eigenvalue weighted by atomic mass is 16.4. The average Bonchev–Trinajstić information content (AvgIpc) is 2.85. The standard InChI is InChI=1S/C19H21N3O2/c1-12-8-9-16-14(17(19(2,3)4)21-22(16)11-12)10-13-6-5-7-15(20-13)18(23)24/h5-9,11H,10H2,1-4H3,(H,23,24). The molecule has 0 saturated carbocycles. The quantitative estimate of drug-likeness (QED) is 0.799. The van der Waals surface area contributed by atoms with Crippen LogP contribution in [0.5, 0.6) is 0 Å². The monoisotopic (exact) mass is 323 g/mol. The van der Waals surface area contributed by atoms with Gasteiger partial charge in [-0.3, -0.25) is 0 Å². The van der Waals surface area contributed by atoms with Gasteiger partial charge in [-0.2, -0.15) is 5.10 Å². The zero-order valence-corrected chi connectivity index (χ0v) is 14.4. The van der Waals surface area contributed by atoms with E-state index >= 15 is 0 Å². The second-order valence-corrected chi connectivity index (χ2v) is 7.11. The molecule has 0 atom stereocenters. The van der Waals surface area contributed by atoms with E-state index in [-0.39, 0.29) is 11.1 Å². The lowest BCUT2D eigenvalue weighted by Crippen LogP contribution is -2.15. The van der Waals surface area contributed by atoms with Crippen molar-refractivity contribution in [3.8, 4) is 0 Å². The zero-order valence-electron chi connectivity index (χ0n) is 14.4. The molecule has 0 aliphatic heterocycles. The van der Waals surface area contributed by atoms with E-state index in [0.29, 0.717) is 6.42 Å². The minimum Gasteiger partial charge on any atom is -0.477 e. The van der Waals surface area contributed by atoms with Crippen LogP contribution in [0.3, 0.4) is 0 Å². The van der Waals surface area contributed by atoms with Crippen molar-refractivity contribution in [3.63, 3.8) is 0 Å². The minimum atomic E-state index is -1.01. The molecule has 3 heterocycles. The Hall–Kier alpha value is -2.69. The molecule has 0 aliphatic carbocycles. The number of hydrogen-bond donors (Lipinski definition) is 1. The molecular formula is C19H21N3O2. The number of nitrogens with zero attached hydrogens (tertiary/aromatic N) is 3. The Labute approximate surface area is 141 Å². The number of aromatic carboxylic acids is 1. The van der Waals surface area contributed by atoms with Crippen LogP contribution in [0.4, 0.5) is 0 Å². The molecule has 0 aromatic carbocycles. The van der Waals surface area contributed by atoms with Gasteiger partial charge in [-0.1, -0.05) is 32.9 Å². The molecule has 0 amide bonds. The van der Waals surface area contributed by atoms with Crippen LogP contribution in [0, 0.1) is 6.92 Å². The van der Waals surface area contributed by atoms with Crippen LogP contribution >= 0.6 is 0 Å². The molecule has 0 bridgehead atoms. The molecule has 3 aromatic heterocycles. The van der Waals surface area contributed by atoms with Crippen LogP contribution in [0.1, 0.15) is 53.8 Å². The van der Waals surface area contributed by atoms with Gasteiger partial charge in [-0.05, 0) is 30.7 Å². The maximum Gasteiger partial charge on any atom is 0.354 e. The Morgan fingerprint density at radius 1 is 1.21 bits per heavy atom. The van der Waals surface area contributed by atoms with E-state index in [4.69, 9.17) is 10.2 Å². The van der Waals surface area contributed by atoms with Crippen LogP contribution < -0.4 is 0 Å². The van der Waals surface area contributed by atoms with E-state index in [9.17, 15) is 4.79 Å². The summed E-state index contributed by atoms with van der Waals surface area (Å²) in [5, 5.41) is 13.9. The molecule has 1 N–H and O–H groups in total. The number of hydrogen-bond acceptors (Lipinski definition) is 3. The van der Waals surface area contributed by atoms with E-state index in [1.165, 1.54) is 6.07 Å². The molecule has 5 nitrogen and oxygen atoms in total. The van der Waals surface area contributed by atoms with E-state index in [1.807, 2.05) is 23.7 Å². The van der Waals surface area contributed by atoms with Crippen molar-refractivity contribution < 1.29 is 9.90 Å². The Balaban J connectivity index is 2.14. The lowest BCUT2D eigenvalue weighted by atomic mass is 9.87. The predicted octanol–water partition coefficient (Wildman–Crippen LogP) is 3.62. The first-order chi connectivity index (χ1) is 11.3. The second kappa shape index (κ2) is 5.74. The molecule has 0 aliphatic rings. The molecule has 0 fully saturated rings. The summed E-state index contributed by atoms with van der Waals surface area (Å²) >= 11 is 0. The molecule has 0 radical (unpaired) electrons. The van der Waals surface area contributed by atoms with E-state index in [2.05, 4.69) is 37.9 Å². The van der Waals surface area contributed by atoms with Crippen molar-refractivity contribution in [3.05, 3.63) is 64.7 Å². The van der Waals surface area contributed by atoms with E-state index in [1.54, 1.807) is 6.07 Å². The largest absolute Gasteiger partial charge is 0.477 e. The number of carboxylic acid groups (broad SMARTS) is 1. The Morgan fingerprint density at radius 2 is 1.96 bits per heavy atom. The molecule has 24 heavy (non-hydrogen) atoms. The van der Waals surface area contributed by atoms with Crippen LogP contribution in [0.2, 0.25) is 0 Å². The summed E-state index contributed by atoms with van der Waals surface area (Å²) in [7, 11) is 0. The normalized spacial score (nSPS) is 11.8. The fraction of sp³-hybridized carbons (Fsp3) is 0.316. The Bertz CT molecular complexity index is 920. The van der Waals surface area contributed by atoms with Gasteiger partial charge in [0.15, 0.2) is 0 Å². The van der Waals surface area contributed by atoms with Crippen molar-refractivity contribution in [2.24, 2.45) is 0 Å². The third-order valence-corrected chi connectivity index (χ3v) is 3.97. The Kier molecular flexibility index (Phi) is 3.87. The number of carboxylic acids is 1. The SMILES string of the molecule is Cc1ccc2c(Cc3cccc(C(=O)O)n3)c(C(C)(C)C)nn2c1. The molecule has 0 saturated heterocycles. The lowest BCUT2D eigenvalue weighted by molar-refractivity contribution is 0.0690. The molecule has 124 valence electrons. The summed E-state index contributed by atoms with van der Waals surface area (Å²) in [6.45, 7) is 8.43. The highest BCUT2D eigenvalue weighted by Crippen LogP contribution is 2.29. The van der Waals surface area contributed by atoms with Gasteiger partial charge in [0.2, 0.25) is 0 Å². The zero-order chi connectivity index (χ0) is 17.5. The summed E-state index contributed by atoms with van der Waals surface area (Å²) in [5.74, 6) is -1.01. The summed E-state index contributed by atoms with van der Waals surface area (Å²) in [4.78, 5) is 15.4. The van der Waals surface area contributed by atoms with Crippen LogP contribution in [-0.2, 0) is 11.8 Å². The maximum absolute atomic E-state index is 11.2. The van der Waals surface area contributed by atoms with Crippen molar-refractivity contribution in [1.82, 2.24) is 14.6 Å². The molecule has 0 unspecified atom stereocenters. The number of carbonyl (C=O) groups is 1. The van der Waals surface area contributed by atoms with Crippen molar-refractivity contribution >= 4 is 11.5 Å². The van der Waals surface area contributed by atoms with Crippen LogP contribution in [0.25, 0.3) is 5.52 Å². The first-order valence-electron chi connectivity index (χ1n) is 7.93. The number of pyridine rings is 2. The smallest absolute Gasteiger partial charge is 0.354 e. The number of rotatable bonds is 3. The topological polar surface area (TPSA) is 67.5 Å². The summed E-state index contributed by atoms with van der Waals surface area (Å²) in [6, 6.07) is 9.23. The summed E-state index contributed by atoms with van der Waals surface area (Å²) in [5.41, 5.74) is 4.97. The van der Waals surface area contributed by atoms with Gasteiger partial charge in [-0.15, -0.1) is 0 Å². The fourth-order valence-corrected chi connectivity index (χ4v) is 2.86. The minimum absolute atomic E-state index is 0.0668. The average molecular weight is 323 g/mol. The van der Waals surface area contributed by atoms with Crippen molar-refractivity contribution in [2.45, 2.75) is 39.5 Å². The van der Waals surface area contributed by atoms with Gasteiger partial charge < -0.3 is 5.11 Å². The number of aromatic nitrogens is 3. The molecule has 0 spiro atoms. The van der Waals surface area contributed by atoms with Gasteiger partial charge in [0.1, 0.15) is 5.69 Å². The molecule has 3 rings (SSSR count). The first kappa shape index (κ1) is 16.2. The summed E-state index contributed by atoms with van der Waals surface area (Å²) in [6.07, 6.45) is 2.56. The Morgan fingerprint density at radius 3 is 2.62 bits per heavy atom. The molecular weight excluding hydrogens is 302 g/mol. The summed E-state index contributed by atoms with van der Waals surface area (Å²) < 4.78 is 1.91. The van der Waals surface area contributed by atoms with E-state index < -0.39 is 5.97 Å². The van der Waals surface area contributed by atoms with Gasteiger partial charge in [0, 0.05) is 29.3 Å². The van der Waals surface area contributed by atoms with Gasteiger partial charge in [0.25, 0.3) is 0 Å². The number of fused-ring (bicyclic) bond motifs is 1. The highest BCUT2D eigenvalue weighted by Gasteiger charge is 2.24. The van der Waals surface area contributed by atoms with Crippen LogP contribution in [-0.4, -0.2) is 25.7 Å². The molecule has 3 aromatic rings. The van der Waals surface area contributed by atoms with Crippen molar-refractivity contribution in [1.29, 1.82) is 0 Å². The van der Waals surface area contributed by atoms with Crippen molar-refractivity contribution in [2.75, 3.05) is 0 Å². The maximum atomic E-state index is 11.2. The third kappa shape index (κ3) is 3.02. The lowest BCUT2D eigenvalue weighted by Gasteiger charge is -2.17. The van der Waals surface area contributed by atoms with Gasteiger partial charge in [-0.25, -0.2) is 14.3 Å².